The molecule has 0 unspecified atom stereocenters. The van der Waals surface area contributed by atoms with Gasteiger partial charge in [-0.05, 0) is 31.5 Å². The van der Waals surface area contributed by atoms with Gasteiger partial charge in [-0.1, -0.05) is 48.0 Å². The number of amides is 2. The van der Waals surface area contributed by atoms with Crippen LogP contribution in [0.2, 0.25) is 5.02 Å². The number of carbonyl (C=O) groups is 1. The largest absolute Gasteiger partial charge is 0.328 e. The predicted octanol–water partition coefficient (Wildman–Crippen LogP) is 5.83. The molecule has 1 aromatic heterocycles. The highest BCUT2D eigenvalue weighted by Gasteiger charge is 2.18. The van der Waals surface area contributed by atoms with Crippen LogP contribution < -0.4 is 10.2 Å². The van der Waals surface area contributed by atoms with E-state index in [0.717, 1.165) is 16.8 Å². The van der Waals surface area contributed by atoms with Gasteiger partial charge in [0.1, 0.15) is 0 Å². The Kier molecular flexibility index (Phi) is 5.36. The smallest absolute Gasteiger partial charge is 0.307 e. The zero-order valence-electron chi connectivity index (χ0n) is 14.0. The number of aromatic nitrogens is 1. The van der Waals surface area contributed by atoms with Crippen molar-refractivity contribution in [2.45, 2.75) is 13.8 Å². The molecule has 0 radical (unpaired) electrons. The molecular weight excluding hydrogens is 354 g/mol. The molecule has 1 N–H and O–H groups in total. The number of thiazole rings is 1. The summed E-state index contributed by atoms with van der Waals surface area (Å²) in [5.41, 5.74) is 3.54. The van der Waals surface area contributed by atoms with E-state index in [4.69, 9.17) is 11.6 Å². The fourth-order valence-corrected chi connectivity index (χ4v) is 3.43. The normalized spacial score (nSPS) is 10.5. The van der Waals surface area contributed by atoms with Crippen molar-refractivity contribution in [3.05, 3.63) is 64.5 Å². The quantitative estimate of drug-likeness (QED) is 0.627. The Bertz CT molecular complexity index is 879. The molecular formula is C19H18ClN3OS. The molecule has 3 rings (SSSR count). The average molecular weight is 372 g/mol. The van der Waals surface area contributed by atoms with E-state index in [9.17, 15) is 4.79 Å². The maximum atomic E-state index is 12.6. The summed E-state index contributed by atoms with van der Waals surface area (Å²) in [6.07, 6.45) is 0. The van der Waals surface area contributed by atoms with Crippen molar-refractivity contribution in [2.75, 3.05) is 16.8 Å². The van der Waals surface area contributed by atoms with Crippen molar-refractivity contribution in [2.24, 2.45) is 0 Å². The second-order valence-corrected chi connectivity index (χ2v) is 6.76. The maximum absolute atomic E-state index is 12.6. The number of aryl methyl sites for hydroxylation is 1. The lowest BCUT2D eigenvalue weighted by molar-refractivity contribution is 0.257. The third-order valence-electron chi connectivity index (χ3n) is 3.78. The first-order chi connectivity index (χ1) is 12.1. The van der Waals surface area contributed by atoms with E-state index in [1.807, 2.05) is 61.7 Å². The number of halogens is 1. The zero-order valence-corrected chi connectivity index (χ0v) is 15.6. The highest BCUT2D eigenvalue weighted by Crippen LogP contribution is 2.28. The minimum absolute atomic E-state index is 0.226. The molecule has 25 heavy (non-hydrogen) atoms. The number of rotatable bonds is 4. The van der Waals surface area contributed by atoms with Crippen molar-refractivity contribution in [1.82, 2.24) is 4.98 Å². The monoisotopic (exact) mass is 371 g/mol. The van der Waals surface area contributed by atoms with Gasteiger partial charge in [0.05, 0.1) is 5.69 Å². The summed E-state index contributed by atoms with van der Waals surface area (Å²) in [6, 6.07) is 15.2. The standard InChI is InChI=1S/C19H18ClN3OS/c1-3-23(18(24)21-15-10-9-13(2)16(20)11-15)19-22-17(12-25-19)14-7-5-4-6-8-14/h4-12H,3H2,1-2H3,(H,21,24). The molecule has 0 fully saturated rings. The van der Waals surface area contributed by atoms with E-state index in [-0.39, 0.29) is 6.03 Å². The molecule has 0 aliphatic carbocycles. The topological polar surface area (TPSA) is 45.2 Å². The Morgan fingerprint density at radius 3 is 2.68 bits per heavy atom. The fourth-order valence-electron chi connectivity index (χ4n) is 2.36. The molecule has 3 aromatic rings. The van der Waals surface area contributed by atoms with Gasteiger partial charge >= 0.3 is 6.03 Å². The molecule has 0 spiro atoms. The first-order valence-electron chi connectivity index (χ1n) is 7.94. The van der Waals surface area contributed by atoms with E-state index in [2.05, 4.69) is 10.3 Å². The second-order valence-electron chi connectivity index (χ2n) is 5.52. The molecule has 0 saturated carbocycles. The van der Waals surface area contributed by atoms with Gasteiger partial charge in [-0.15, -0.1) is 11.3 Å². The Balaban J connectivity index is 1.78. The Morgan fingerprint density at radius 1 is 1.24 bits per heavy atom. The van der Waals surface area contributed by atoms with E-state index < -0.39 is 0 Å². The Labute approximate surface area is 156 Å². The molecule has 2 aromatic carbocycles. The van der Waals surface area contributed by atoms with Gasteiger partial charge < -0.3 is 5.32 Å². The number of nitrogens with one attached hydrogen (secondary N) is 1. The number of benzene rings is 2. The second kappa shape index (κ2) is 7.68. The predicted molar refractivity (Wildman–Crippen MR) is 106 cm³/mol. The van der Waals surface area contributed by atoms with Gasteiger partial charge in [0.25, 0.3) is 0 Å². The summed E-state index contributed by atoms with van der Waals surface area (Å²) in [4.78, 5) is 18.8. The van der Waals surface area contributed by atoms with Crippen LogP contribution in [0, 0.1) is 6.92 Å². The fraction of sp³-hybridized carbons (Fsp3) is 0.158. The first kappa shape index (κ1) is 17.5. The summed E-state index contributed by atoms with van der Waals surface area (Å²) in [7, 11) is 0. The van der Waals surface area contributed by atoms with Crippen LogP contribution >= 0.6 is 22.9 Å². The molecule has 4 nitrogen and oxygen atoms in total. The van der Waals surface area contributed by atoms with Gasteiger partial charge in [0.15, 0.2) is 5.13 Å². The van der Waals surface area contributed by atoms with E-state index in [1.54, 1.807) is 11.0 Å². The molecule has 128 valence electrons. The van der Waals surface area contributed by atoms with Crippen molar-refractivity contribution < 1.29 is 4.79 Å². The summed E-state index contributed by atoms with van der Waals surface area (Å²) < 4.78 is 0. The lowest BCUT2D eigenvalue weighted by atomic mass is 10.2. The molecule has 1 heterocycles. The molecule has 6 heteroatoms. The van der Waals surface area contributed by atoms with Crippen LogP contribution in [0.25, 0.3) is 11.3 Å². The number of urea groups is 1. The maximum Gasteiger partial charge on any atom is 0.328 e. The molecule has 2 amide bonds. The minimum Gasteiger partial charge on any atom is -0.307 e. The zero-order chi connectivity index (χ0) is 17.8. The van der Waals surface area contributed by atoms with Gasteiger partial charge in [-0.2, -0.15) is 0 Å². The summed E-state index contributed by atoms with van der Waals surface area (Å²) >= 11 is 7.57. The number of hydrogen-bond donors (Lipinski definition) is 1. The molecule has 0 atom stereocenters. The third-order valence-corrected chi connectivity index (χ3v) is 5.05. The average Bonchev–Trinajstić information content (AvgIpc) is 3.09. The van der Waals surface area contributed by atoms with E-state index >= 15 is 0 Å². The van der Waals surface area contributed by atoms with Crippen LogP contribution in [-0.4, -0.2) is 17.6 Å². The van der Waals surface area contributed by atoms with Crippen LogP contribution in [0.1, 0.15) is 12.5 Å². The van der Waals surface area contributed by atoms with Crippen molar-refractivity contribution in [3.8, 4) is 11.3 Å². The summed E-state index contributed by atoms with van der Waals surface area (Å²) in [5.74, 6) is 0. The lowest BCUT2D eigenvalue weighted by Gasteiger charge is -2.18. The highest BCUT2D eigenvalue weighted by molar-refractivity contribution is 7.14. The first-order valence-corrected chi connectivity index (χ1v) is 9.20. The lowest BCUT2D eigenvalue weighted by Crippen LogP contribution is -2.34. The summed E-state index contributed by atoms with van der Waals surface area (Å²) in [5, 5.41) is 6.13. The van der Waals surface area contributed by atoms with Crippen LogP contribution in [0.4, 0.5) is 15.6 Å². The van der Waals surface area contributed by atoms with Crippen molar-refractivity contribution >= 4 is 39.8 Å². The van der Waals surface area contributed by atoms with Crippen LogP contribution in [0.3, 0.4) is 0 Å². The third kappa shape index (κ3) is 4.00. The molecule has 0 aliphatic rings. The van der Waals surface area contributed by atoms with Gasteiger partial charge in [0, 0.05) is 28.2 Å². The molecule has 0 saturated heterocycles. The Hall–Kier alpha value is -2.37. The molecule has 0 bridgehead atoms. The number of carbonyl (C=O) groups excluding carboxylic acids is 1. The van der Waals surface area contributed by atoms with Crippen LogP contribution in [0.15, 0.2) is 53.9 Å². The SMILES string of the molecule is CCN(C(=O)Nc1ccc(C)c(Cl)c1)c1nc(-c2ccccc2)cs1. The van der Waals surface area contributed by atoms with Gasteiger partial charge in [-0.3, -0.25) is 4.90 Å². The summed E-state index contributed by atoms with van der Waals surface area (Å²) in [6.45, 7) is 4.37. The number of nitrogens with zero attached hydrogens (tertiary/aromatic N) is 2. The van der Waals surface area contributed by atoms with Crippen LogP contribution in [-0.2, 0) is 0 Å². The molecule has 0 aliphatic heterocycles. The number of anilines is 2. The Morgan fingerprint density at radius 2 is 2.00 bits per heavy atom. The highest BCUT2D eigenvalue weighted by atomic mass is 35.5. The van der Waals surface area contributed by atoms with Gasteiger partial charge in [-0.25, -0.2) is 9.78 Å². The van der Waals surface area contributed by atoms with Crippen LogP contribution in [0.5, 0.6) is 0 Å². The number of hydrogen-bond acceptors (Lipinski definition) is 3. The van der Waals surface area contributed by atoms with E-state index in [0.29, 0.717) is 22.4 Å². The van der Waals surface area contributed by atoms with Crippen molar-refractivity contribution in [3.63, 3.8) is 0 Å². The van der Waals surface area contributed by atoms with E-state index in [1.165, 1.54) is 11.3 Å². The minimum atomic E-state index is -0.226. The van der Waals surface area contributed by atoms with Crippen molar-refractivity contribution in [1.29, 1.82) is 0 Å². The van der Waals surface area contributed by atoms with Gasteiger partial charge in [0.2, 0.25) is 0 Å².